The Kier molecular flexibility index (Phi) is 5.92. The van der Waals surface area contributed by atoms with Crippen molar-refractivity contribution in [2.45, 2.75) is 25.3 Å². The molecule has 0 aliphatic heterocycles. The fourth-order valence-electron chi connectivity index (χ4n) is 2.71. The number of carbonyl (C=O) groups is 1. The van der Waals surface area contributed by atoms with Crippen LogP contribution in [0, 0.1) is 6.92 Å². The number of carbonyl (C=O) groups excluding carboxylic acids is 1. The molecule has 2 aromatic heterocycles. The molecule has 3 aromatic rings. The van der Waals surface area contributed by atoms with E-state index in [1.54, 1.807) is 42.9 Å². The van der Waals surface area contributed by atoms with Gasteiger partial charge in [0.1, 0.15) is 6.54 Å². The minimum Gasteiger partial charge on any atom is -0.355 e. The SMILES string of the molecule is CCNC(=O)Cn1cc(Nc2ncc(C)c(-c3cccc(S(C)(=O)=O)c3)n2)cn1. The van der Waals surface area contributed by atoms with Gasteiger partial charge in [-0.3, -0.25) is 9.48 Å². The van der Waals surface area contributed by atoms with Crippen molar-refractivity contribution in [3.8, 4) is 11.3 Å². The molecule has 0 radical (unpaired) electrons. The number of hydrogen-bond donors (Lipinski definition) is 2. The van der Waals surface area contributed by atoms with Gasteiger partial charge in [0.25, 0.3) is 0 Å². The Morgan fingerprint density at radius 3 is 2.76 bits per heavy atom. The molecule has 2 heterocycles. The van der Waals surface area contributed by atoms with E-state index in [2.05, 4.69) is 25.7 Å². The van der Waals surface area contributed by atoms with Crippen molar-refractivity contribution in [1.29, 1.82) is 0 Å². The molecule has 0 aliphatic carbocycles. The zero-order chi connectivity index (χ0) is 21.0. The van der Waals surface area contributed by atoms with E-state index in [9.17, 15) is 13.2 Å². The van der Waals surface area contributed by atoms with Crippen LogP contribution in [0.2, 0.25) is 0 Å². The number of benzene rings is 1. The first-order chi connectivity index (χ1) is 13.8. The molecular weight excluding hydrogens is 392 g/mol. The monoisotopic (exact) mass is 414 g/mol. The summed E-state index contributed by atoms with van der Waals surface area (Å²) in [6.07, 6.45) is 6.09. The number of rotatable bonds is 7. The van der Waals surface area contributed by atoms with Gasteiger partial charge >= 0.3 is 0 Å². The highest BCUT2D eigenvalue weighted by atomic mass is 32.2. The summed E-state index contributed by atoms with van der Waals surface area (Å²) in [7, 11) is -3.32. The molecular formula is C19H22N6O3S. The van der Waals surface area contributed by atoms with Gasteiger partial charge in [0.2, 0.25) is 11.9 Å². The first-order valence-electron chi connectivity index (χ1n) is 8.96. The summed E-state index contributed by atoms with van der Waals surface area (Å²) in [5.41, 5.74) is 2.76. The number of amides is 1. The molecule has 1 amide bonds. The Morgan fingerprint density at radius 2 is 2.03 bits per heavy atom. The first kappa shape index (κ1) is 20.5. The fourth-order valence-corrected chi connectivity index (χ4v) is 3.38. The number of hydrogen-bond acceptors (Lipinski definition) is 7. The Balaban J connectivity index is 1.83. The second-order valence-electron chi connectivity index (χ2n) is 6.53. The Bertz CT molecular complexity index is 1140. The van der Waals surface area contributed by atoms with Crippen molar-refractivity contribution in [2.24, 2.45) is 0 Å². The van der Waals surface area contributed by atoms with Gasteiger partial charge in [-0.1, -0.05) is 12.1 Å². The smallest absolute Gasteiger partial charge is 0.241 e. The lowest BCUT2D eigenvalue weighted by Crippen LogP contribution is -2.27. The molecule has 9 nitrogen and oxygen atoms in total. The van der Waals surface area contributed by atoms with Crippen LogP contribution >= 0.6 is 0 Å². The minimum absolute atomic E-state index is 0.119. The Labute approximate surface area is 169 Å². The lowest BCUT2D eigenvalue weighted by molar-refractivity contribution is -0.121. The van der Waals surface area contributed by atoms with Crippen molar-refractivity contribution < 1.29 is 13.2 Å². The zero-order valence-corrected chi connectivity index (χ0v) is 17.2. The molecule has 3 rings (SSSR count). The second kappa shape index (κ2) is 8.39. The quantitative estimate of drug-likeness (QED) is 0.606. The maximum absolute atomic E-state index is 11.8. The average molecular weight is 414 g/mol. The van der Waals surface area contributed by atoms with Gasteiger partial charge in [-0.05, 0) is 31.5 Å². The molecule has 0 spiro atoms. The maximum atomic E-state index is 11.8. The topological polar surface area (TPSA) is 119 Å². The highest BCUT2D eigenvalue weighted by Crippen LogP contribution is 2.25. The summed E-state index contributed by atoms with van der Waals surface area (Å²) in [6.45, 7) is 4.39. The zero-order valence-electron chi connectivity index (χ0n) is 16.4. The number of sulfone groups is 1. The van der Waals surface area contributed by atoms with Gasteiger partial charge in [-0.25, -0.2) is 18.4 Å². The largest absolute Gasteiger partial charge is 0.355 e. The summed E-state index contributed by atoms with van der Waals surface area (Å²) in [5.74, 6) is 0.217. The van der Waals surface area contributed by atoms with Crippen molar-refractivity contribution in [1.82, 2.24) is 25.1 Å². The molecule has 0 saturated heterocycles. The number of anilines is 2. The van der Waals surface area contributed by atoms with E-state index in [1.807, 2.05) is 13.8 Å². The average Bonchev–Trinajstić information content (AvgIpc) is 3.09. The molecule has 2 N–H and O–H groups in total. The molecule has 10 heteroatoms. The van der Waals surface area contributed by atoms with Crippen LogP contribution in [0.4, 0.5) is 11.6 Å². The van der Waals surface area contributed by atoms with Crippen molar-refractivity contribution in [3.63, 3.8) is 0 Å². The molecule has 0 aliphatic rings. The highest BCUT2D eigenvalue weighted by molar-refractivity contribution is 7.90. The first-order valence-corrected chi connectivity index (χ1v) is 10.9. The van der Waals surface area contributed by atoms with E-state index in [1.165, 1.54) is 10.9 Å². The minimum atomic E-state index is -3.32. The van der Waals surface area contributed by atoms with E-state index < -0.39 is 9.84 Å². The van der Waals surface area contributed by atoms with E-state index in [-0.39, 0.29) is 17.3 Å². The lowest BCUT2D eigenvalue weighted by Gasteiger charge is -2.09. The summed E-state index contributed by atoms with van der Waals surface area (Å²) in [5, 5.41) is 9.91. The summed E-state index contributed by atoms with van der Waals surface area (Å²) in [6, 6.07) is 6.64. The van der Waals surface area contributed by atoms with Crippen LogP contribution in [0.5, 0.6) is 0 Å². The lowest BCUT2D eigenvalue weighted by atomic mass is 10.1. The summed E-state index contributed by atoms with van der Waals surface area (Å²) < 4.78 is 25.2. The summed E-state index contributed by atoms with van der Waals surface area (Å²) in [4.78, 5) is 20.7. The van der Waals surface area contributed by atoms with Crippen molar-refractivity contribution in [3.05, 3.63) is 48.4 Å². The molecule has 0 unspecified atom stereocenters. The van der Waals surface area contributed by atoms with Gasteiger partial charge in [-0.2, -0.15) is 5.10 Å². The third-order valence-corrected chi connectivity index (χ3v) is 5.19. The molecule has 0 atom stereocenters. The van der Waals surface area contributed by atoms with E-state index in [0.29, 0.717) is 29.4 Å². The number of aryl methyl sites for hydroxylation is 1. The van der Waals surface area contributed by atoms with E-state index in [0.717, 1.165) is 5.56 Å². The highest BCUT2D eigenvalue weighted by Gasteiger charge is 2.12. The van der Waals surface area contributed by atoms with Gasteiger partial charge in [-0.15, -0.1) is 0 Å². The van der Waals surface area contributed by atoms with Crippen molar-refractivity contribution in [2.75, 3.05) is 18.1 Å². The molecule has 29 heavy (non-hydrogen) atoms. The third-order valence-electron chi connectivity index (χ3n) is 4.08. The molecule has 0 fully saturated rings. The van der Waals surface area contributed by atoms with E-state index in [4.69, 9.17) is 0 Å². The predicted molar refractivity (Wildman–Crippen MR) is 110 cm³/mol. The van der Waals surface area contributed by atoms with Crippen LogP contribution in [0.1, 0.15) is 12.5 Å². The predicted octanol–water partition coefficient (Wildman–Crippen LogP) is 1.93. The summed E-state index contributed by atoms with van der Waals surface area (Å²) >= 11 is 0. The molecule has 0 saturated carbocycles. The van der Waals surface area contributed by atoms with Crippen LogP contribution in [0.15, 0.2) is 47.8 Å². The van der Waals surface area contributed by atoms with Crippen LogP contribution in [-0.4, -0.2) is 46.9 Å². The normalized spacial score (nSPS) is 11.3. The van der Waals surface area contributed by atoms with Gasteiger partial charge in [0.15, 0.2) is 9.84 Å². The van der Waals surface area contributed by atoms with Gasteiger partial charge in [0, 0.05) is 30.8 Å². The molecule has 152 valence electrons. The Morgan fingerprint density at radius 1 is 1.24 bits per heavy atom. The number of nitrogens with zero attached hydrogens (tertiary/aromatic N) is 4. The van der Waals surface area contributed by atoms with Crippen molar-refractivity contribution >= 4 is 27.4 Å². The number of nitrogens with one attached hydrogen (secondary N) is 2. The van der Waals surface area contributed by atoms with Crippen LogP contribution in [0.25, 0.3) is 11.3 Å². The standard InChI is InChI=1S/C19H22N6O3S/c1-4-20-17(26)12-25-11-15(10-22-25)23-19-21-9-13(2)18(24-19)14-6-5-7-16(8-14)29(3,27)28/h5-11H,4,12H2,1-3H3,(H,20,26)(H,21,23,24). The maximum Gasteiger partial charge on any atom is 0.241 e. The second-order valence-corrected chi connectivity index (χ2v) is 8.55. The van der Waals surface area contributed by atoms with Gasteiger partial charge < -0.3 is 10.6 Å². The fraction of sp³-hybridized carbons (Fsp3) is 0.263. The van der Waals surface area contributed by atoms with E-state index >= 15 is 0 Å². The third kappa shape index (κ3) is 5.17. The van der Waals surface area contributed by atoms with Gasteiger partial charge in [0.05, 0.1) is 22.5 Å². The molecule has 0 bridgehead atoms. The van der Waals surface area contributed by atoms with Crippen LogP contribution < -0.4 is 10.6 Å². The van der Waals surface area contributed by atoms with Crippen LogP contribution in [0.3, 0.4) is 0 Å². The van der Waals surface area contributed by atoms with Crippen LogP contribution in [-0.2, 0) is 21.2 Å². The molecule has 1 aromatic carbocycles. The number of aromatic nitrogens is 4. The number of likely N-dealkylation sites (N-methyl/N-ethyl adjacent to an activating group) is 1. The Hall–Kier alpha value is -3.27.